The molecule has 0 atom stereocenters. The van der Waals surface area contributed by atoms with Gasteiger partial charge in [0.05, 0.1) is 17.5 Å². The van der Waals surface area contributed by atoms with E-state index in [0.717, 1.165) is 18.4 Å². The molecule has 4 rings (SSSR count). The second-order valence-corrected chi connectivity index (χ2v) is 5.73. The number of aromatic nitrogens is 4. The number of aromatic hydroxyl groups is 1. The molecule has 29 heavy (non-hydrogen) atoms. The Morgan fingerprint density at radius 2 is 2.03 bits per heavy atom. The average Bonchev–Trinajstić information content (AvgIpc) is 3.28. The van der Waals surface area contributed by atoms with Crippen LogP contribution >= 0.6 is 0 Å². The molecule has 0 spiro atoms. The third kappa shape index (κ3) is 3.20. The fourth-order valence-electron chi connectivity index (χ4n) is 2.66. The predicted octanol–water partition coefficient (Wildman–Crippen LogP) is 3.60. The standard InChI is InChI=1S/C17H9F3N4O5/c18-17(19,20)13-10(7-28-23-13)11-6-22-14-15(21-3-4-24(11)14)29-8-1-2-9(16(26)27)12(25)5-8/h1-7,25H,(H,26,27). The number of alkyl halides is 3. The number of phenols is 1. The van der Waals surface area contributed by atoms with Gasteiger partial charge in [0.15, 0.2) is 5.69 Å². The van der Waals surface area contributed by atoms with E-state index in [9.17, 15) is 23.1 Å². The average molecular weight is 406 g/mol. The highest BCUT2D eigenvalue weighted by Gasteiger charge is 2.38. The van der Waals surface area contributed by atoms with E-state index in [1.54, 1.807) is 0 Å². The minimum Gasteiger partial charge on any atom is -0.507 e. The van der Waals surface area contributed by atoms with Gasteiger partial charge in [0.2, 0.25) is 5.65 Å². The maximum atomic E-state index is 13.1. The van der Waals surface area contributed by atoms with Crippen LogP contribution in [-0.4, -0.2) is 35.7 Å². The third-order valence-electron chi connectivity index (χ3n) is 3.92. The van der Waals surface area contributed by atoms with E-state index in [-0.39, 0.29) is 34.1 Å². The number of aromatic carboxylic acids is 1. The molecule has 0 radical (unpaired) electrons. The van der Waals surface area contributed by atoms with Gasteiger partial charge in [-0.15, -0.1) is 0 Å². The van der Waals surface area contributed by atoms with Crippen LogP contribution in [0.1, 0.15) is 16.1 Å². The molecule has 0 fully saturated rings. The number of hydrogen-bond acceptors (Lipinski definition) is 7. The molecule has 0 aliphatic carbocycles. The van der Waals surface area contributed by atoms with Crippen LogP contribution in [0.3, 0.4) is 0 Å². The normalized spacial score (nSPS) is 11.7. The first kappa shape index (κ1) is 18.3. The molecule has 0 aliphatic rings. The molecule has 0 bridgehead atoms. The minimum absolute atomic E-state index is 0.0462. The van der Waals surface area contributed by atoms with Crippen molar-refractivity contribution < 1.29 is 37.4 Å². The molecule has 0 aliphatic heterocycles. The summed E-state index contributed by atoms with van der Waals surface area (Å²) in [4.78, 5) is 19.0. The molecule has 3 heterocycles. The maximum Gasteiger partial charge on any atom is 0.437 e. The Morgan fingerprint density at radius 3 is 2.72 bits per heavy atom. The van der Waals surface area contributed by atoms with E-state index in [4.69, 9.17) is 9.84 Å². The van der Waals surface area contributed by atoms with Crippen molar-refractivity contribution in [1.29, 1.82) is 0 Å². The van der Waals surface area contributed by atoms with E-state index in [0.29, 0.717) is 0 Å². The zero-order valence-electron chi connectivity index (χ0n) is 14.1. The quantitative estimate of drug-likeness (QED) is 0.527. The van der Waals surface area contributed by atoms with Crippen LogP contribution in [0.25, 0.3) is 16.9 Å². The Hall–Kier alpha value is -4.09. The second-order valence-electron chi connectivity index (χ2n) is 5.73. The highest BCUT2D eigenvalue weighted by atomic mass is 19.4. The molecule has 0 saturated carbocycles. The number of carbonyl (C=O) groups is 1. The number of hydrogen-bond donors (Lipinski definition) is 2. The summed E-state index contributed by atoms with van der Waals surface area (Å²) in [6.45, 7) is 0. The van der Waals surface area contributed by atoms with Crippen molar-refractivity contribution in [2.45, 2.75) is 6.18 Å². The lowest BCUT2D eigenvalue weighted by molar-refractivity contribution is -0.142. The van der Waals surface area contributed by atoms with Crippen molar-refractivity contribution in [3.05, 3.63) is 54.3 Å². The summed E-state index contributed by atoms with van der Waals surface area (Å²) in [5, 5.41) is 21.7. The molecule has 12 heteroatoms. The number of carboxylic acids is 1. The number of benzene rings is 1. The molecule has 9 nitrogen and oxygen atoms in total. The molecule has 4 aromatic rings. The van der Waals surface area contributed by atoms with Crippen LogP contribution in [0.4, 0.5) is 13.2 Å². The van der Waals surface area contributed by atoms with E-state index in [2.05, 4.69) is 19.6 Å². The summed E-state index contributed by atoms with van der Waals surface area (Å²) in [6.07, 6.45) is -0.0305. The molecular weight excluding hydrogens is 397 g/mol. The van der Waals surface area contributed by atoms with Crippen LogP contribution in [0.2, 0.25) is 0 Å². The first-order chi connectivity index (χ1) is 13.8. The first-order valence-electron chi connectivity index (χ1n) is 7.84. The third-order valence-corrected chi connectivity index (χ3v) is 3.92. The number of nitrogens with zero attached hydrogens (tertiary/aromatic N) is 4. The second kappa shape index (κ2) is 6.51. The molecule has 0 amide bonds. The molecular formula is C17H9F3N4O5. The lowest BCUT2D eigenvalue weighted by Crippen LogP contribution is -2.07. The van der Waals surface area contributed by atoms with Crippen molar-refractivity contribution in [1.82, 2.24) is 19.5 Å². The van der Waals surface area contributed by atoms with Crippen molar-refractivity contribution in [2.75, 3.05) is 0 Å². The summed E-state index contributed by atoms with van der Waals surface area (Å²) in [6, 6.07) is 3.50. The Kier molecular flexibility index (Phi) is 4.10. The van der Waals surface area contributed by atoms with Gasteiger partial charge in [-0.3, -0.25) is 4.40 Å². The first-order valence-corrected chi connectivity index (χ1v) is 7.84. The number of fused-ring (bicyclic) bond motifs is 1. The smallest absolute Gasteiger partial charge is 0.437 e. The van der Waals surface area contributed by atoms with Crippen molar-refractivity contribution in [3.8, 4) is 28.6 Å². The van der Waals surface area contributed by atoms with Gasteiger partial charge in [0.1, 0.15) is 23.3 Å². The SMILES string of the molecule is O=C(O)c1ccc(Oc2nccn3c(-c4conc4C(F)(F)F)cnc23)cc1O. The summed E-state index contributed by atoms with van der Waals surface area (Å²) in [7, 11) is 0. The van der Waals surface area contributed by atoms with E-state index in [1.165, 1.54) is 29.1 Å². The molecule has 0 unspecified atom stereocenters. The van der Waals surface area contributed by atoms with Gasteiger partial charge >= 0.3 is 12.1 Å². The highest BCUT2D eigenvalue weighted by molar-refractivity contribution is 5.91. The largest absolute Gasteiger partial charge is 0.507 e. The number of carboxylic acid groups (broad SMARTS) is 1. The van der Waals surface area contributed by atoms with E-state index in [1.807, 2.05) is 0 Å². The maximum absolute atomic E-state index is 13.1. The van der Waals surface area contributed by atoms with Crippen molar-refractivity contribution >= 4 is 11.6 Å². The summed E-state index contributed by atoms with van der Waals surface area (Å²) in [5.41, 5.74) is -1.71. The van der Waals surface area contributed by atoms with E-state index < -0.39 is 23.6 Å². The lowest BCUT2D eigenvalue weighted by Gasteiger charge is -2.08. The monoisotopic (exact) mass is 406 g/mol. The zero-order chi connectivity index (χ0) is 20.8. The zero-order valence-corrected chi connectivity index (χ0v) is 14.1. The predicted molar refractivity (Wildman–Crippen MR) is 88.6 cm³/mol. The molecule has 148 valence electrons. The number of halogens is 3. The van der Waals surface area contributed by atoms with Gasteiger partial charge in [-0.25, -0.2) is 14.8 Å². The van der Waals surface area contributed by atoms with Gasteiger partial charge in [0, 0.05) is 18.5 Å². The van der Waals surface area contributed by atoms with Crippen molar-refractivity contribution in [3.63, 3.8) is 0 Å². The van der Waals surface area contributed by atoms with Gasteiger partial charge in [-0.05, 0) is 12.1 Å². The van der Waals surface area contributed by atoms with Crippen LogP contribution < -0.4 is 4.74 Å². The fourth-order valence-corrected chi connectivity index (χ4v) is 2.66. The van der Waals surface area contributed by atoms with Crippen LogP contribution in [0, 0.1) is 0 Å². The van der Waals surface area contributed by atoms with Crippen LogP contribution in [0.5, 0.6) is 17.4 Å². The van der Waals surface area contributed by atoms with Gasteiger partial charge in [-0.2, -0.15) is 13.2 Å². The molecule has 3 aromatic heterocycles. The Morgan fingerprint density at radius 1 is 1.24 bits per heavy atom. The Balaban J connectivity index is 1.75. The molecule has 1 aromatic carbocycles. The summed E-state index contributed by atoms with van der Waals surface area (Å²) >= 11 is 0. The summed E-state index contributed by atoms with van der Waals surface area (Å²) in [5.74, 6) is -1.86. The topological polar surface area (TPSA) is 123 Å². The number of rotatable bonds is 4. The minimum atomic E-state index is -4.72. The summed E-state index contributed by atoms with van der Waals surface area (Å²) < 4.78 is 50.6. The fraction of sp³-hybridized carbons (Fsp3) is 0.0588. The molecule has 0 saturated heterocycles. The van der Waals surface area contributed by atoms with Gasteiger partial charge < -0.3 is 19.5 Å². The highest BCUT2D eigenvalue weighted by Crippen LogP contribution is 2.37. The Bertz CT molecular complexity index is 1230. The van der Waals surface area contributed by atoms with Crippen LogP contribution in [0.15, 0.2) is 47.6 Å². The molecule has 2 N–H and O–H groups in total. The van der Waals surface area contributed by atoms with Crippen molar-refractivity contribution in [2.24, 2.45) is 0 Å². The number of imidazole rings is 1. The van der Waals surface area contributed by atoms with Gasteiger partial charge in [-0.1, -0.05) is 5.16 Å². The lowest BCUT2D eigenvalue weighted by atomic mass is 10.2. The van der Waals surface area contributed by atoms with Gasteiger partial charge in [0.25, 0.3) is 5.88 Å². The van der Waals surface area contributed by atoms with Crippen LogP contribution in [-0.2, 0) is 6.18 Å². The van der Waals surface area contributed by atoms with E-state index >= 15 is 0 Å². The Labute approximate surface area is 158 Å². The number of ether oxygens (including phenoxy) is 1.